The number of nitrogens with one attached hydrogen (secondary N) is 2. The Labute approximate surface area is 140 Å². The standard InChI is InChI=1S/C18H19N5O/c1-11(2)16(9-24)23-18-14-7-15(22-17(14)20-10-21-18)13-6-4-3-5-12(13)8-19/h3-7,10-11,16,24H,9H2,1-2H3,(H2,20,21,22,23)/t16-/m0/s1. The molecule has 0 fully saturated rings. The lowest BCUT2D eigenvalue weighted by Gasteiger charge is -2.20. The molecule has 3 rings (SSSR count). The van der Waals surface area contributed by atoms with Crippen LogP contribution in [0.2, 0.25) is 0 Å². The summed E-state index contributed by atoms with van der Waals surface area (Å²) in [5.41, 5.74) is 2.93. The van der Waals surface area contributed by atoms with Crippen molar-refractivity contribution in [1.29, 1.82) is 5.26 Å². The van der Waals surface area contributed by atoms with E-state index in [1.807, 2.05) is 38.1 Å². The molecule has 1 aromatic carbocycles. The van der Waals surface area contributed by atoms with Crippen molar-refractivity contribution in [2.45, 2.75) is 19.9 Å². The molecule has 3 aromatic rings. The average molecular weight is 321 g/mol. The van der Waals surface area contributed by atoms with Gasteiger partial charge in [-0.3, -0.25) is 0 Å². The van der Waals surface area contributed by atoms with Gasteiger partial charge in [-0.15, -0.1) is 0 Å². The van der Waals surface area contributed by atoms with Crippen molar-refractivity contribution in [2.24, 2.45) is 5.92 Å². The quantitative estimate of drug-likeness (QED) is 0.671. The minimum absolute atomic E-state index is 0.0255. The number of aromatic amines is 1. The van der Waals surface area contributed by atoms with Crippen LogP contribution in [0.1, 0.15) is 19.4 Å². The molecule has 0 aliphatic carbocycles. The van der Waals surface area contributed by atoms with Gasteiger partial charge in [0.05, 0.1) is 29.7 Å². The van der Waals surface area contributed by atoms with E-state index < -0.39 is 0 Å². The van der Waals surface area contributed by atoms with Crippen molar-refractivity contribution in [1.82, 2.24) is 15.0 Å². The van der Waals surface area contributed by atoms with Crippen LogP contribution in [0.15, 0.2) is 36.7 Å². The van der Waals surface area contributed by atoms with Gasteiger partial charge in [0.1, 0.15) is 17.8 Å². The number of fused-ring (bicyclic) bond motifs is 1. The third-order valence-electron chi connectivity index (χ3n) is 4.09. The fraction of sp³-hybridized carbons (Fsp3) is 0.278. The van der Waals surface area contributed by atoms with Gasteiger partial charge in [0, 0.05) is 11.3 Å². The normalized spacial score (nSPS) is 12.3. The molecule has 1 atom stereocenters. The second-order valence-electron chi connectivity index (χ2n) is 6.00. The minimum Gasteiger partial charge on any atom is -0.394 e. The van der Waals surface area contributed by atoms with Crippen molar-refractivity contribution in [3.05, 3.63) is 42.2 Å². The van der Waals surface area contributed by atoms with Crippen LogP contribution in [0.25, 0.3) is 22.3 Å². The summed E-state index contributed by atoms with van der Waals surface area (Å²) in [6.45, 7) is 4.10. The van der Waals surface area contributed by atoms with Crippen molar-refractivity contribution < 1.29 is 5.11 Å². The minimum atomic E-state index is -0.0900. The number of H-pyrrole nitrogens is 1. The molecular weight excluding hydrogens is 302 g/mol. The molecule has 0 spiro atoms. The lowest BCUT2D eigenvalue weighted by molar-refractivity contribution is 0.249. The van der Waals surface area contributed by atoms with Gasteiger partial charge >= 0.3 is 0 Å². The molecule has 0 unspecified atom stereocenters. The average Bonchev–Trinajstić information content (AvgIpc) is 3.04. The third-order valence-corrected chi connectivity index (χ3v) is 4.09. The van der Waals surface area contributed by atoms with E-state index in [0.29, 0.717) is 17.0 Å². The molecule has 0 saturated carbocycles. The molecule has 0 saturated heterocycles. The van der Waals surface area contributed by atoms with Crippen molar-refractivity contribution in [3.8, 4) is 17.3 Å². The predicted molar refractivity (Wildman–Crippen MR) is 93.4 cm³/mol. The molecule has 0 amide bonds. The van der Waals surface area contributed by atoms with Crippen molar-refractivity contribution in [3.63, 3.8) is 0 Å². The zero-order chi connectivity index (χ0) is 17.1. The Morgan fingerprint density at radius 1 is 1.29 bits per heavy atom. The van der Waals surface area contributed by atoms with Gasteiger partial charge < -0.3 is 15.4 Å². The number of aliphatic hydroxyl groups is 1. The number of anilines is 1. The highest BCUT2D eigenvalue weighted by Gasteiger charge is 2.16. The lowest BCUT2D eigenvalue weighted by atomic mass is 10.0. The van der Waals surface area contributed by atoms with Crippen LogP contribution < -0.4 is 5.32 Å². The third kappa shape index (κ3) is 2.94. The van der Waals surface area contributed by atoms with Gasteiger partial charge in [0.15, 0.2) is 0 Å². The van der Waals surface area contributed by atoms with Gasteiger partial charge in [-0.25, -0.2) is 9.97 Å². The Morgan fingerprint density at radius 2 is 2.08 bits per heavy atom. The van der Waals surface area contributed by atoms with E-state index in [1.165, 1.54) is 6.33 Å². The van der Waals surface area contributed by atoms with E-state index in [1.54, 1.807) is 6.07 Å². The number of hydrogen-bond acceptors (Lipinski definition) is 5. The summed E-state index contributed by atoms with van der Waals surface area (Å²) in [6.07, 6.45) is 1.48. The van der Waals surface area contributed by atoms with E-state index >= 15 is 0 Å². The highest BCUT2D eigenvalue weighted by molar-refractivity contribution is 5.92. The number of rotatable bonds is 5. The molecule has 2 aromatic heterocycles. The maximum absolute atomic E-state index is 9.53. The number of hydrogen-bond donors (Lipinski definition) is 3. The van der Waals surface area contributed by atoms with Crippen LogP contribution in [-0.4, -0.2) is 32.7 Å². The number of aliphatic hydroxyl groups excluding tert-OH is 1. The van der Waals surface area contributed by atoms with E-state index in [0.717, 1.165) is 16.6 Å². The smallest absolute Gasteiger partial charge is 0.143 e. The van der Waals surface area contributed by atoms with Gasteiger partial charge in [-0.1, -0.05) is 32.0 Å². The van der Waals surface area contributed by atoms with Crippen LogP contribution in [0.3, 0.4) is 0 Å². The zero-order valence-electron chi connectivity index (χ0n) is 13.6. The second-order valence-corrected chi connectivity index (χ2v) is 6.00. The first-order chi connectivity index (χ1) is 11.6. The largest absolute Gasteiger partial charge is 0.394 e. The molecule has 24 heavy (non-hydrogen) atoms. The fourth-order valence-electron chi connectivity index (χ4n) is 2.61. The summed E-state index contributed by atoms with van der Waals surface area (Å²) >= 11 is 0. The topological polar surface area (TPSA) is 97.6 Å². The van der Waals surface area contributed by atoms with Gasteiger partial charge in [0.25, 0.3) is 0 Å². The van der Waals surface area contributed by atoms with Crippen LogP contribution >= 0.6 is 0 Å². The summed E-state index contributed by atoms with van der Waals surface area (Å²) in [5, 5.41) is 22.9. The predicted octanol–water partition coefficient (Wildman–Crippen LogP) is 2.93. The summed E-state index contributed by atoms with van der Waals surface area (Å²) in [4.78, 5) is 11.8. The van der Waals surface area contributed by atoms with Crippen molar-refractivity contribution >= 4 is 16.9 Å². The first kappa shape index (κ1) is 16.0. The molecular formula is C18H19N5O. The number of nitriles is 1. The molecule has 0 aliphatic rings. The maximum Gasteiger partial charge on any atom is 0.143 e. The van der Waals surface area contributed by atoms with E-state index in [9.17, 15) is 10.4 Å². The molecule has 6 nitrogen and oxygen atoms in total. The Hall–Kier alpha value is -2.91. The molecule has 2 heterocycles. The molecule has 122 valence electrons. The molecule has 6 heteroatoms. The SMILES string of the molecule is CC(C)[C@H](CO)Nc1ncnc2[nH]c(-c3ccccc3C#N)cc12. The van der Waals surface area contributed by atoms with Gasteiger partial charge in [-0.05, 0) is 18.1 Å². The first-order valence-electron chi connectivity index (χ1n) is 7.84. The van der Waals surface area contributed by atoms with Gasteiger partial charge in [-0.2, -0.15) is 5.26 Å². The summed E-state index contributed by atoms with van der Waals surface area (Å²) < 4.78 is 0. The van der Waals surface area contributed by atoms with Crippen LogP contribution in [0.4, 0.5) is 5.82 Å². The number of benzene rings is 1. The summed E-state index contributed by atoms with van der Waals surface area (Å²) in [5.74, 6) is 0.933. The molecule has 0 aliphatic heterocycles. The van der Waals surface area contributed by atoms with E-state index in [4.69, 9.17) is 0 Å². The highest BCUT2D eigenvalue weighted by atomic mass is 16.3. The molecule has 0 radical (unpaired) electrons. The van der Waals surface area contributed by atoms with E-state index in [2.05, 4.69) is 26.3 Å². The maximum atomic E-state index is 9.53. The Kier molecular flexibility index (Phi) is 4.45. The highest BCUT2D eigenvalue weighted by Crippen LogP contribution is 2.29. The molecule has 3 N–H and O–H groups in total. The Balaban J connectivity index is 2.06. The number of nitrogens with zero attached hydrogens (tertiary/aromatic N) is 3. The summed E-state index contributed by atoms with van der Waals surface area (Å²) in [6, 6.07) is 11.5. The van der Waals surface area contributed by atoms with Crippen LogP contribution in [0, 0.1) is 17.2 Å². The molecule has 0 bridgehead atoms. The monoisotopic (exact) mass is 321 g/mol. The van der Waals surface area contributed by atoms with Gasteiger partial charge in [0.2, 0.25) is 0 Å². The first-order valence-corrected chi connectivity index (χ1v) is 7.84. The second kappa shape index (κ2) is 6.69. The van der Waals surface area contributed by atoms with E-state index in [-0.39, 0.29) is 18.6 Å². The van der Waals surface area contributed by atoms with Crippen LogP contribution in [0.5, 0.6) is 0 Å². The van der Waals surface area contributed by atoms with Crippen LogP contribution in [-0.2, 0) is 0 Å². The van der Waals surface area contributed by atoms with Crippen molar-refractivity contribution in [2.75, 3.05) is 11.9 Å². The Bertz CT molecular complexity index is 894. The zero-order valence-corrected chi connectivity index (χ0v) is 13.6. The lowest BCUT2D eigenvalue weighted by Crippen LogP contribution is -2.29. The number of aromatic nitrogens is 3. The Morgan fingerprint density at radius 3 is 2.79 bits per heavy atom. The fourth-order valence-corrected chi connectivity index (χ4v) is 2.61. The summed E-state index contributed by atoms with van der Waals surface area (Å²) in [7, 11) is 0.